The summed E-state index contributed by atoms with van der Waals surface area (Å²) < 4.78 is 4.18. The van der Waals surface area contributed by atoms with Crippen LogP contribution in [0.3, 0.4) is 0 Å². The molecule has 0 aromatic carbocycles. The highest BCUT2D eigenvalue weighted by atomic mass is 35.5. The summed E-state index contributed by atoms with van der Waals surface area (Å²) in [5.41, 5.74) is 3.10. The summed E-state index contributed by atoms with van der Waals surface area (Å²) in [7, 11) is 1.98. The molecule has 2 aromatic heterocycles. The Morgan fingerprint density at radius 2 is 2.17 bits per heavy atom. The van der Waals surface area contributed by atoms with Crippen LogP contribution in [0.25, 0.3) is 11.2 Å². The molecule has 0 saturated heterocycles. The van der Waals surface area contributed by atoms with E-state index in [0.29, 0.717) is 5.88 Å². The number of hydrogen-bond donors (Lipinski definition) is 0. The zero-order valence-corrected chi connectivity index (χ0v) is 11.7. The minimum Gasteiger partial charge on any atom is -0.312 e. The maximum Gasteiger partial charge on any atom is 0.158 e. The van der Waals surface area contributed by atoms with Crippen LogP contribution in [0.15, 0.2) is 0 Å². The number of halogens is 1. The molecule has 2 aromatic rings. The molecule has 4 nitrogen and oxygen atoms in total. The summed E-state index contributed by atoms with van der Waals surface area (Å²) in [5.74, 6) is 2.35. The number of hydrogen-bond acceptors (Lipinski definition) is 2. The molecule has 1 aliphatic rings. The fourth-order valence-electron chi connectivity index (χ4n) is 2.81. The van der Waals surface area contributed by atoms with Gasteiger partial charge in [-0.2, -0.15) is 5.10 Å². The third kappa shape index (κ3) is 1.83. The maximum atomic E-state index is 6.02. The van der Waals surface area contributed by atoms with E-state index in [2.05, 4.69) is 14.6 Å². The summed E-state index contributed by atoms with van der Waals surface area (Å²) in [6, 6.07) is 0. The molecule has 0 spiro atoms. The molecular weight excluding hydrogens is 248 g/mol. The van der Waals surface area contributed by atoms with Gasteiger partial charge in [-0.15, -0.1) is 11.6 Å². The highest BCUT2D eigenvalue weighted by Crippen LogP contribution is 2.30. The van der Waals surface area contributed by atoms with Crippen LogP contribution in [-0.2, 0) is 19.5 Å². The van der Waals surface area contributed by atoms with Crippen LogP contribution in [0.4, 0.5) is 0 Å². The Morgan fingerprint density at radius 1 is 1.39 bits per heavy atom. The number of fused-ring (bicyclic) bond motifs is 1. The third-order valence-electron chi connectivity index (χ3n) is 4.07. The van der Waals surface area contributed by atoms with Crippen LogP contribution >= 0.6 is 11.6 Å². The van der Waals surface area contributed by atoms with Crippen LogP contribution in [0.1, 0.15) is 37.2 Å². The van der Waals surface area contributed by atoms with Gasteiger partial charge in [0, 0.05) is 13.6 Å². The van der Waals surface area contributed by atoms with Crippen molar-refractivity contribution in [3.63, 3.8) is 0 Å². The first-order chi connectivity index (χ1) is 8.70. The Labute approximate surface area is 112 Å². The van der Waals surface area contributed by atoms with E-state index in [1.165, 1.54) is 25.7 Å². The summed E-state index contributed by atoms with van der Waals surface area (Å²) in [5, 5.41) is 4.44. The molecular formula is C13H19ClN4. The quantitative estimate of drug-likeness (QED) is 0.798. The Morgan fingerprint density at radius 3 is 2.78 bits per heavy atom. The SMILES string of the molecule is Cc1nn(C)c2c1nc(CCl)n2CCC1CCC1. The lowest BCUT2D eigenvalue weighted by Crippen LogP contribution is -2.15. The molecule has 0 unspecified atom stereocenters. The largest absolute Gasteiger partial charge is 0.312 e. The molecule has 5 heteroatoms. The number of aryl methyl sites for hydroxylation is 3. The van der Waals surface area contributed by atoms with Crippen molar-refractivity contribution >= 4 is 22.8 Å². The zero-order chi connectivity index (χ0) is 12.7. The Kier molecular flexibility index (Phi) is 3.06. The van der Waals surface area contributed by atoms with Gasteiger partial charge in [0.15, 0.2) is 5.65 Å². The van der Waals surface area contributed by atoms with E-state index >= 15 is 0 Å². The van der Waals surface area contributed by atoms with Gasteiger partial charge in [0.05, 0.1) is 11.6 Å². The van der Waals surface area contributed by atoms with E-state index in [1.54, 1.807) is 0 Å². The fraction of sp³-hybridized carbons (Fsp3) is 0.692. The van der Waals surface area contributed by atoms with Gasteiger partial charge in [0.2, 0.25) is 0 Å². The average Bonchev–Trinajstić information content (AvgIpc) is 2.77. The number of nitrogens with zero attached hydrogens (tertiary/aromatic N) is 4. The predicted molar refractivity (Wildman–Crippen MR) is 72.8 cm³/mol. The van der Waals surface area contributed by atoms with Crippen molar-refractivity contribution in [2.24, 2.45) is 13.0 Å². The summed E-state index contributed by atoms with van der Waals surface area (Å²) in [6.07, 6.45) is 5.41. The molecule has 1 aliphatic carbocycles. The van der Waals surface area contributed by atoms with E-state index in [9.17, 15) is 0 Å². The predicted octanol–water partition coefficient (Wildman–Crippen LogP) is 3.01. The minimum absolute atomic E-state index is 0.471. The van der Waals surface area contributed by atoms with Crippen LogP contribution in [0.2, 0.25) is 0 Å². The normalized spacial score (nSPS) is 16.4. The standard InChI is InChI=1S/C13H19ClN4/c1-9-12-13(17(2)16-9)18(11(8-14)15-12)7-6-10-4-3-5-10/h10H,3-8H2,1-2H3. The zero-order valence-electron chi connectivity index (χ0n) is 11.0. The number of alkyl halides is 1. The van der Waals surface area contributed by atoms with Crippen LogP contribution < -0.4 is 0 Å². The van der Waals surface area contributed by atoms with Gasteiger partial charge >= 0.3 is 0 Å². The minimum atomic E-state index is 0.471. The van der Waals surface area contributed by atoms with Crippen LogP contribution in [0.5, 0.6) is 0 Å². The van der Waals surface area contributed by atoms with Crippen molar-refractivity contribution in [1.29, 1.82) is 0 Å². The lowest BCUT2D eigenvalue weighted by Gasteiger charge is -2.25. The van der Waals surface area contributed by atoms with Crippen LogP contribution in [-0.4, -0.2) is 19.3 Å². The molecule has 0 atom stereocenters. The number of imidazole rings is 1. The summed E-state index contributed by atoms with van der Waals surface area (Å²) >= 11 is 6.02. The smallest absolute Gasteiger partial charge is 0.158 e. The Hall–Kier alpha value is -1.03. The van der Waals surface area contributed by atoms with Gasteiger partial charge in [-0.25, -0.2) is 4.98 Å². The van der Waals surface area contributed by atoms with Crippen molar-refractivity contribution in [3.05, 3.63) is 11.5 Å². The number of aromatic nitrogens is 4. The average molecular weight is 267 g/mol. The molecule has 0 N–H and O–H groups in total. The first-order valence-corrected chi connectivity index (χ1v) is 7.19. The fourth-order valence-corrected chi connectivity index (χ4v) is 3.01. The highest BCUT2D eigenvalue weighted by Gasteiger charge is 2.20. The molecule has 1 saturated carbocycles. The first-order valence-electron chi connectivity index (χ1n) is 6.65. The van der Waals surface area contributed by atoms with E-state index in [-0.39, 0.29) is 0 Å². The van der Waals surface area contributed by atoms with Crippen molar-refractivity contribution in [1.82, 2.24) is 19.3 Å². The molecule has 98 valence electrons. The molecule has 1 fully saturated rings. The van der Waals surface area contributed by atoms with Crippen molar-refractivity contribution in [3.8, 4) is 0 Å². The lowest BCUT2D eigenvalue weighted by atomic mass is 9.83. The molecule has 2 heterocycles. The summed E-state index contributed by atoms with van der Waals surface area (Å²) in [6.45, 7) is 3.02. The molecule has 18 heavy (non-hydrogen) atoms. The second-order valence-corrected chi connectivity index (χ2v) is 5.55. The van der Waals surface area contributed by atoms with Gasteiger partial charge in [-0.05, 0) is 19.3 Å². The van der Waals surface area contributed by atoms with Gasteiger partial charge in [-0.3, -0.25) is 4.68 Å². The van der Waals surface area contributed by atoms with Crippen molar-refractivity contribution in [2.45, 2.75) is 45.0 Å². The monoisotopic (exact) mass is 266 g/mol. The van der Waals surface area contributed by atoms with E-state index in [1.807, 2.05) is 18.7 Å². The Balaban J connectivity index is 1.95. The van der Waals surface area contributed by atoms with Gasteiger partial charge in [0.25, 0.3) is 0 Å². The topological polar surface area (TPSA) is 35.6 Å². The van der Waals surface area contributed by atoms with E-state index in [4.69, 9.17) is 11.6 Å². The van der Waals surface area contributed by atoms with Crippen LogP contribution in [0, 0.1) is 12.8 Å². The second kappa shape index (κ2) is 4.57. The Bertz CT molecular complexity index is 565. The van der Waals surface area contributed by atoms with Crippen molar-refractivity contribution in [2.75, 3.05) is 0 Å². The highest BCUT2D eigenvalue weighted by molar-refractivity contribution is 6.16. The first kappa shape index (κ1) is 12.0. The second-order valence-electron chi connectivity index (χ2n) is 5.28. The van der Waals surface area contributed by atoms with E-state index in [0.717, 1.165) is 35.1 Å². The van der Waals surface area contributed by atoms with E-state index < -0.39 is 0 Å². The molecule has 0 bridgehead atoms. The van der Waals surface area contributed by atoms with Gasteiger partial charge < -0.3 is 4.57 Å². The molecule has 0 amide bonds. The summed E-state index contributed by atoms with van der Waals surface area (Å²) in [4.78, 5) is 4.62. The van der Waals surface area contributed by atoms with Gasteiger partial charge in [0.1, 0.15) is 11.3 Å². The molecule has 3 rings (SSSR count). The van der Waals surface area contributed by atoms with Gasteiger partial charge in [-0.1, -0.05) is 19.3 Å². The molecule has 0 radical (unpaired) electrons. The lowest BCUT2D eigenvalue weighted by molar-refractivity contribution is 0.282. The maximum absolute atomic E-state index is 6.02. The van der Waals surface area contributed by atoms with Crippen molar-refractivity contribution < 1.29 is 0 Å². The third-order valence-corrected chi connectivity index (χ3v) is 4.31. The molecule has 0 aliphatic heterocycles. The number of rotatable bonds is 4.